The van der Waals surface area contributed by atoms with Crippen molar-refractivity contribution < 1.29 is 42.2 Å². The molecule has 6 atom stereocenters. The zero-order valence-electron chi connectivity index (χ0n) is 37.9. The lowest BCUT2D eigenvalue weighted by atomic mass is 10.0. The van der Waals surface area contributed by atoms with Crippen LogP contribution in [0.25, 0.3) is 44.7 Å². The molecular weight excluding hydrogens is 850 g/mol. The molecule has 17 nitrogen and oxygen atoms in total. The molecule has 3 aliphatic rings. The molecule has 0 aliphatic carbocycles. The van der Waals surface area contributed by atoms with Gasteiger partial charge in [0.05, 0.1) is 67.8 Å². The topological polar surface area (TPSA) is 202 Å². The summed E-state index contributed by atoms with van der Waals surface area (Å²) in [4.78, 5) is 71.2. The number of hydrogen-bond donors (Lipinski definition) is 4. The molecule has 4 amide bonds. The molecule has 2 aromatic carbocycles. The van der Waals surface area contributed by atoms with E-state index in [9.17, 15) is 19.2 Å². The van der Waals surface area contributed by atoms with E-state index < -0.39 is 48.6 Å². The Hall–Kier alpha value is -7.11. The summed E-state index contributed by atoms with van der Waals surface area (Å²) < 4.78 is 39.7. The highest BCUT2D eigenvalue weighted by Gasteiger charge is 2.42. The molecule has 4 aromatic heterocycles. The van der Waals surface area contributed by atoms with Gasteiger partial charge in [-0.3, -0.25) is 14.2 Å². The molecule has 0 bridgehead atoms. The van der Waals surface area contributed by atoms with E-state index in [0.717, 1.165) is 57.6 Å². The molecule has 2 saturated heterocycles. The Labute approximate surface area is 380 Å². The molecular formula is C48H54FN9O8. The second-order valence-electron chi connectivity index (χ2n) is 17.9. The lowest BCUT2D eigenvalue weighted by Gasteiger charge is -2.30. The number of fused-ring (bicyclic) bond motifs is 5. The van der Waals surface area contributed by atoms with Crippen molar-refractivity contribution in [2.75, 3.05) is 27.3 Å². The van der Waals surface area contributed by atoms with Crippen LogP contribution in [0.5, 0.6) is 5.75 Å². The molecule has 6 aromatic rings. The molecule has 1 unspecified atom stereocenters. The van der Waals surface area contributed by atoms with Gasteiger partial charge in [0.25, 0.3) is 0 Å². The van der Waals surface area contributed by atoms with Gasteiger partial charge in [0.2, 0.25) is 18.0 Å². The first-order valence-electron chi connectivity index (χ1n) is 22.3. The van der Waals surface area contributed by atoms with E-state index in [1.165, 1.54) is 19.1 Å². The summed E-state index contributed by atoms with van der Waals surface area (Å²) in [6.07, 6.45) is 1.78. The molecule has 3 aliphatic heterocycles. The maximum atomic E-state index is 15.0. The molecule has 4 N–H and O–H groups in total. The van der Waals surface area contributed by atoms with Crippen LogP contribution < -0.4 is 15.4 Å². The smallest absolute Gasteiger partial charge is 0.407 e. The number of alkyl carbamates (subject to hydrolysis) is 2. The van der Waals surface area contributed by atoms with Crippen molar-refractivity contribution in [1.82, 2.24) is 44.9 Å². The van der Waals surface area contributed by atoms with Gasteiger partial charge in [-0.15, -0.1) is 0 Å². The molecule has 7 heterocycles. The number of benzene rings is 2. The van der Waals surface area contributed by atoms with Gasteiger partial charge in [0.15, 0.2) is 5.76 Å². The number of ether oxygens (including phenoxy) is 3. The zero-order chi connectivity index (χ0) is 46.6. The number of likely N-dealkylation sites (tertiary alicyclic amines) is 2. The van der Waals surface area contributed by atoms with Crippen LogP contribution in [0.4, 0.5) is 14.0 Å². The Morgan fingerprint density at radius 3 is 2.05 bits per heavy atom. The van der Waals surface area contributed by atoms with Crippen LogP contribution in [0.3, 0.4) is 0 Å². The van der Waals surface area contributed by atoms with Gasteiger partial charge in [-0.2, -0.15) is 0 Å². The third-order valence-corrected chi connectivity index (χ3v) is 12.9. The van der Waals surface area contributed by atoms with Crippen LogP contribution in [-0.2, 0) is 19.1 Å². The maximum Gasteiger partial charge on any atom is 0.407 e. The lowest BCUT2D eigenvalue weighted by molar-refractivity contribution is -0.136. The number of rotatable bonds is 11. The number of alkyl halides is 1. The zero-order valence-corrected chi connectivity index (χ0v) is 37.9. The lowest BCUT2D eigenvalue weighted by Crippen LogP contribution is -2.51. The third-order valence-electron chi connectivity index (χ3n) is 12.9. The molecule has 2 fully saturated rings. The molecule has 18 heteroatoms. The Bertz CT molecular complexity index is 2810. The number of amides is 4. The van der Waals surface area contributed by atoms with Crippen LogP contribution in [-0.4, -0.2) is 104 Å². The van der Waals surface area contributed by atoms with E-state index in [4.69, 9.17) is 23.6 Å². The van der Waals surface area contributed by atoms with E-state index in [0.29, 0.717) is 35.4 Å². The summed E-state index contributed by atoms with van der Waals surface area (Å²) in [6.45, 7) is 9.71. The number of furan rings is 1. The number of H-pyrrole nitrogens is 2. The maximum absolute atomic E-state index is 15.0. The predicted octanol–water partition coefficient (Wildman–Crippen LogP) is 7.97. The Balaban J connectivity index is 1.01. The number of halogens is 1. The van der Waals surface area contributed by atoms with Gasteiger partial charge in [-0.25, -0.2) is 23.9 Å². The Kier molecular flexibility index (Phi) is 11.8. The second kappa shape index (κ2) is 17.7. The van der Waals surface area contributed by atoms with Crippen molar-refractivity contribution in [3.8, 4) is 39.5 Å². The minimum atomic E-state index is -1.26. The van der Waals surface area contributed by atoms with Gasteiger partial charge in [-0.1, -0.05) is 39.8 Å². The van der Waals surface area contributed by atoms with Crippen molar-refractivity contribution in [1.29, 1.82) is 0 Å². The fourth-order valence-electron chi connectivity index (χ4n) is 9.47. The van der Waals surface area contributed by atoms with Gasteiger partial charge in [0, 0.05) is 35.0 Å². The van der Waals surface area contributed by atoms with Crippen LogP contribution in [0.2, 0.25) is 0 Å². The number of nitrogens with one attached hydrogen (secondary N) is 4. The van der Waals surface area contributed by atoms with E-state index >= 15 is 4.39 Å². The number of carbonyl (C=O) groups excluding carboxylic acids is 4. The van der Waals surface area contributed by atoms with Crippen LogP contribution in [0.15, 0.2) is 71.4 Å². The highest BCUT2D eigenvalue weighted by Crippen LogP contribution is 2.46. The average molecular weight is 904 g/mol. The standard InChI is InChI=1S/C48H54FN9O8/c1-24(2)40(54-47(61)63-6)44(59)56-16-8-9-35(56)42-50-22-33(52-42)28-11-13-31-36-18-29-17-27(12-14-34(29)58(36)46(66-39(31)19-28)38-15-10-26(5)65-38)32-21-51-43(53-32)37-20-30(49)23-57(37)45(60)41(25(3)4)55-48(62)64-7/h10-15,17-19,21-22,24-25,30,35,37,40-41,46H,8-9,16,20,23H2,1-7H3,(H,50,52)(H,51,53)(H,54,61)(H,55,62)/t30-,35+,37+,40+,41+,46?/m1/s1. The first-order valence-corrected chi connectivity index (χ1v) is 22.3. The van der Waals surface area contributed by atoms with E-state index in [-0.39, 0.29) is 36.8 Å². The summed E-state index contributed by atoms with van der Waals surface area (Å²) in [5.41, 5.74) is 5.82. The van der Waals surface area contributed by atoms with Crippen LogP contribution >= 0.6 is 0 Å². The summed E-state index contributed by atoms with van der Waals surface area (Å²) in [5.74, 6) is 2.14. The highest BCUT2D eigenvalue weighted by molar-refractivity contribution is 5.93. The van der Waals surface area contributed by atoms with Crippen molar-refractivity contribution in [2.45, 2.75) is 90.4 Å². The van der Waals surface area contributed by atoms with Gasteiger partial charge < -0.3 is 49.0 Å². The molecule has 0 spiro atoms. The van der Waals surface area contributed by atoms with Crippen molar-refractivity contribution in [3.05, 3.63) is 90.2 Å². The number of aryl methyl sites for hydroxylation is 1. The Morgan fingerprint density at radius 2 is 1.42 bits per heavy atom. The van der Waals surface area contributed by atoms with E-state index in [2.05, 4.69) is 42.3 Å². The van der Waals surface area contributed by atoms with Crippen LogP contribution in [0, 0.1) is 18.8 Å². The molecule has 66 heavy (non-hydrogen) atoms. The largest absolute Gasteiger partial charge is 0.462 e. The van der Waals surface area contributed by atoms with Crippen molar-refractivity contribution in [3.63, 3.8) is 0 Å². The normalized spacial score (nSPS) is 20.0. The number of methoxy groups -OCH3 is 2. The first kappa shape index (κ1) is 44.1. The monoisotopic (exact) mass is 903 g/mol. The third kappa shape index (κ3) is 8.13. The quantitative estimate of drug-likeness (QED) is 0.0988. The molecule has 9 rings (SSSR count). The number of hydrogen-bond acceptors (Lipinski definition) is 10. The highest BCUT2D eigenvalue weighted by atomic mass is 19.1. The average Bonchev–Trinajstić information content (AvgIpc) is 4.17. The molecule has 346 valence electrons. The van der Waals surface area contributed by atoms with Gasteiger partial charge in [-0.05, 0) is 74.1 Å². The van der Waals surface area contributed by atoms with Crippen molar-refractivity contribution >= 4 is 34.9 Å². The minimum absolute atomic E-state index is 0.0693. The minimum Gasteiger partial charge on any atom is -0.462 e. The summed E-state index contributed by atoms with van der Waals surface area (Å²) in [7, 11) is 2.51. The fraction of sp³-hybridized carbons (Fsp3) is 0.417. The predicted molar refractivity (Wildman–Crippen MR) is 241 cm³/mol. The summed E-state index contributed by atoms with van der Waals surface area (Å²) in [6, 6.07) is 15.4. The number of nitrogens with zero attached hydrogens (tertiary/aromatic N) is 5. The molecule has 0 radical (unpaired) electrons. The van der Waals surface area contributed by atoms with Crippen LogP contribution in [0.1, 0.15) is 88.4 Å². The number of imidazole rings is 2. The number of aromatic nitrogens is 5. The van der Waals surface area contributed by atoms with E-state index in [1.807, 2.05) is 77.1 Å². The second-order valence-corrected chi connectivity index (χ2v) is 17.9. The summed E-state index contributed by atoms with van der Waals surface area (Å²) in [5, 5.41) is 6.24. The molecule has 0 saturated carbocycles. The number of aromatic amines is 2. The van der Waals surface area contributed by atoms with Crippen molar-refractivity contribution in [2.24, 2.45) is 11.8 Å². The summed E-state index contributed by atoms with van der Waals surface area (Å²) >= 11 is 0. The first-order chi connectivity index (χ1) is 31.7. The van der Waals surface area contributed by atoms with Gasteiger partial charge >= 0.3 is 12.2 Å². The Morgan fingerprint density at radius 1 is 0.803 bits per heavy atom. The van der Waals surface area contributed by atoms with E-state index in [1.54, 1.807) is 17.3 Å². The fourth-order valence-corrected chi connectivity index (χ4v) is 9.47. The number of carbonyl (C=O) groups is 4. The SMILES string of the molecule is COC(=O)N[C@H](C(=O)N1CCC[C@H]1c1ncc(-c2ccc3c(c2)OC(c2ccc(C)o2)n2c-3cc3cc(-c4cnc([C@@H]5C[C@@H](F)CN5C(=O)[C@@H](NC(=O)OC)C(C)C)[nH]4)ccc32)[nH]1)C(C)C. The van der Waals surface area contributed by atoms with Gasteiger partial charge in [0.1, 0.15) is 41.4 Å².